The Hall–Kier alpha value is -1.81. The Morgan fingerprint density at radius 3 is 2.27 bits per heavy atom. The number of hydrogen-bond donors (Lipinski definition) is 2. The largest absolute Gasteiger partial charge is 0.508 e. The van der Waals surface area contributed by atoms with E-state index >= 15 is 0 Å². The number of aryl methyl sites for hydroxylation is 1. The van der Waals surface area contributed by atoms with E-state index in [0.717, 1.165) is 39.7 Å². The van der Waals surface area contributed by atoms with Crippen molar-refractivity contribution in [2.24, 2.45) is 11.7 Å². The molecule has 0 spiro atoms. The molecule has 26 heavy (non-hydrogen) atoms. The first kappa shape index (κ1) is 22.2. The molecular weight excluding hydrogens is 367 g/mol. The first-order valence-electron chi connectivity index (χ1n) is 8.41. The minimum atomic E-state index is 0. The van der Waals surface area contributed by atoms with Gasteiger partial charge in [0.2, 0.25) is 0 Å². The predicted octanol–water partition coefficient (Wildman–Crippen LogP) is 5.42. The minimum absolute atomic E-state index is 0. The Morgan fingerprint density at radius 2 is 1.69 bits per heavy atom. The fraction of sp³-hybridized carbons (Fsp3) is 0.286. The van der Waals surface area contributed by atoms with Gasteiger partial charge in [0.25, 0.3) is 0 Å². The zero-order valence-corrected chi connectivity index (χ0v) is 17.0. The van der Waals surface area contributed by atoms with Gasteiger partial charge in [0.15, 0.2) is 0 Å². The maximum absolute atomic E-state index is 9.97. The van der Waals surface area contributed by atoms with E-state index in [1.54, 1.807) is 12.1 Å². The Labute approximate surface area is 167 Å². The standard InChI is InChI=1S/C21H24N2O.2ClH/c1-13(2)10-20-18(12-22)21(15-6-4-14(3)5-7-15)17-11-16(24)8-9-19(17)23-20;;/h4-9,11,13,24H,10,12,22H2,1-3H3;2*1H. The maximum Gasteiger partial charge on any atom is 0.116 e. The lowest BCUT2D eigenvalue weighted by molar-refractivity contribution is 0.476. The molecule has 2 aromatic carbocycles. The molecule has 0 fully saturated rings. The number of nitrogens with two attached hydrogens (primary N) is 1. The van der Waals surface area contributed by atoms with Crippen LogP contribution in [0.4, 0.5) is 0 Å². The van der Waals surface area contributed by atoms with Crippen LogP contribution < -0.4 is 5.73 Å². The topological polar surface area (TPSA) is 59.1 Å². The molecule has 3 N–H and O–H groups in total. The average Bonchev–Trinajstić information content (AvgIpc) is 2.54. The summed E-state index contributed by atoms with van der Waals surface area (Å²) in [6, 6.07) is 13.8. The summed E-state index contributed by atoms with van der Waals surface area (Å²) in [6.45, 7) is 6.89. The van der Waals surface area contributed by atoms with Crippen LogP contribution in [0.1, 0.15) is 30.7 Å². The molecule has 140 valence electrons. The van der Waals surface area contributed by atoms with Gasteiger partial charge >= 0.3 is 0 Å². The number of fused-ring (bicyclic) bond motifs is 1. The number of phenols is 1. The molecule has 0 saturated heterocycles. The van der Waals surface area contributed by atoms with E-state index in [2.05, 4.69) is 45.0 Å². The molecule has 0 amide bonds. The summed E-state index contributed by atoms with van der Waals surface area (Å²) in [6.07, 6.45) is 0.891. The fourth-order valence-electron chi connectivity index (χ4n) is 3.17. The highest BCUT2D eigenvalue weighted by molar-refractivity contribution is 5.97. The summed E-state index contributed by atoms with van der Waals surface area (Å²) in [4.78, 5) is 4.84. The van der Waals surface area contributed by atoms with Gasteiger partial charge in [-0.25, -0.2) is 0 Å². The second-order valence-corrected chi connectivity index (χ2v) is 6.78. The Morgan fingerprint density at radius 1 is 1.04 bits per heavy atom. The van der Waals surface area contributed by atoms with Crippen molar-refractivity contribution < 1.29 is 5.11 Å². The number of hydrogen-bond acceptors (Lipinski definition) is 3. The zero-order valence-electron chi connectivity index (χ0n) is 15.3. The minimum Gasteiger partial charge on any atom is -0.508 e. The molecule has 3 rings (SSSR count). The Bertz CT molecular complexity index is 877. The smallest absolute Gasteiger partial charge is 0.116 e. The van der Waals surface area contributed by atoms with E-state index in [0.29, 0.717) is 12.5 Å². The molecule has 1 heterocycles. The van der Waals surface area contributed by atoms with Crippen molar-refractivity contribution in [2.75, 3.05) is 0 Å². The van der Waals surface area contributed by atoms with Gasteiger partial charge in [-0.1, -0.05) is 43.7 Å². The van der Waals surface area contributed by atoms with Crippen molar-refractivity contribution in [2.45, 2.75) is 33.7 Å². The molecule has 0 atom stereocenters. The maximum atomic E-state index is 9.97. The quantitative estimate of drug-likeness (QED) is 0.623. The average molecular weight is 393 g/mol. The summed E-state index contributed by atoms with van der Waals surface area (Å²) in [5.74, 6) is 0.750. The van der Waals surface area contributed by atoms with Crippen LogP contribution in [0.5, 0.6) is 5.75 Å². The molecule has 0 radical (unpaired) electrons. The highest BCUT2D eigenvalue weighted by atomic mass is 35.5. The van der Waals surface area contributed by atoms with E-state index in [1.807, 2.05) is 6.07 Å². The van der Waals surface area contributed by atoms with Crippen molar-refractivity contribution in [3.63, 3.8) is 0 Å². The van der Waals surface area contributed by atoms with Crippen LogP contribution in [-0.2, 0) is 13.0 Å². The number of halogens is 2. The molecule has 5 heteroatoms. The fourth-order valence-corrected chi connectivity index (χ4v) is 3.17. The van der Waals surface area contributed by atoms with Gasteiger partial charge in [-0.3, -0.25) is 4.98 Å². The lowest BCUT2D eigenvalue weighted by atomic mass is 9.91. The van der Waals surface area contributed by atoms with Crippen molar-refractivity contribution in [1.82, 2.24) is 4.98 Å². The number of aromatic nitrogens is 1. The lowest BCUT2D eigenvalue weighted by Crippen LogP contribution is -2.09. The zero-order chi connectivity index (χ0) is 17.3. The van der Waals surface area contributed by atoms with Crippen LogP contribution in [0, 0.1) is 12.8 Å². The number of phenolic OH excluding ortho intramolecular Hbond substituents is 1. The van der Waals surface area contributed by atoms with Crippen molar-refractivity contribution in [3.8, 4) is 16.9 Å². The van der Waals surface area contributed by atoms with Crippen LogP contribution >= 0.6 is 24.8 Å². The van der Waals surface area contributed by atoms with Crippen molar-refractivity contribution in [3.05, 3.63) is 59.3 Å². The summed E-state index contributed by atoms with van der Waals surface area (Å²) in [7, 11) is 0. The molecule has 0 aliphatic heterocycles. The summed E-state index contributed by atoms with van der Waals surface area (Å²) < 4.78 is 0. The molecule has 0 saturated carbocycles. The third-order valence-corrected chi connectivity index (χ3v) is 4.30. The summed E-state index contributed by atoms with van der Waals surface area (Å²) >= 11 is 0. The van der Waals surface area contributed by atoms with Crippen LogP contribution in [-0.4, -0.2) is 10.1 Å². The van der Waals surface area contributed by atoms with E-state index in [1.165, 1.54) is 5.56 Å². The molecule has 0 aliphatic rings. The molecule has 0 unspecified atom stereocenters. The number of pyridine rings is 1. The van der Waals surface area contributed by atoms with E-state index < -0.39 is 0 Å². The number of rotatable bonds is 4. The third-order valence-electron chi connectivity index (χ3n) is 4.30. The monoisotopic (exact) mass is 392 g/mol. The highest BCUT2D eigenvalue weighted by Crippen LogP contribution is 2.35. The van der Waals surface area contributed by atoms with E-state index in [9.17, 15) is 5.11 Å². The normalized spacial score (nSPS) is 10.5. The first-order valence-corrected chi connectivity index (χ1v) is 8.41. The van der Waals surface area contributed by atoms with Crippen molar-refractivity contribution in [1.29, 1.82) is 0 Å². The molecule has 3 nitrogen and oxygen atoms in total. The summed E-state index contributed by atoms with van der Waals surface area (Å²) in [5, 5.41) is 10.9. The van der Waals surface area contributed by atoms with Gasteiger partial charge in [0.1, 0.15) is 5.75 Å². The van der Waals surface area contributed by atoms with Crippen LogP contribution in [0.3, 0.4) is 0 Å². The second kappa shape index (κ2) is 9.22. The van der Waals surface area contributed by atoms with E-state index in [4.69, 9.17) is 10.7 Å². The van der Waals surface area contributed by atoms with Crippen molar-refractivity contribution >= 4 is 35.7 Å². The van der Waals surface area contributed by atoms with Gasteiger partial charge in [-0.15, -0.1) is 24.8 Å². The molecule has 0 aliphatic carbocycles. The Balaban J connectivity index is 0.00000169. The van der Waals surface area contributed by atoms with Crippen LogP contribution in [0.15, 0.2) is 42.5 Å². The second-order valence-electron chi connectivity index (χ2n) is 6.78. The van der Waals surface area contributed by atoms with Gasteiger partial charge in [-0.2, -0.15) is 0 Å². The van der Waals surface area contributed by atoms with Crippen LogP contribution in [0.2, 0.25) is 0 Å². The first-order chi connectivity index (χ1) is 11.5. The molecular formula is C21H26Cl2N2O. The SMILES string of the molecule is Cc1ccc(-c2c(CN)c(CC(C)C)nc3ccc(O)cc23)cc1.Cl.Cl. The predicted molar refractivity (Wildman–Crippen MR) is 115 cm³/mol. The molecule has 3 aromatic rings. The molecule has 0 bridgehead atoms. The summed E-state index contributed by atoms with van der Waals surface area (Å²) in [5.41, 5.74) is 12.6. The highest BCUT2D eigenvalue weighted by Gasteiger charge is 2.17. The van der Waals surface area contributed by atoms with Gasteiger partial charge in [0, 0.05) is 17.6 Å². The number of aromatic hydroxyl groups is 1. The van der Waals surface area contributed by atoms with Gasteiger partial charge < -0.3 is 10.8 Å². The van der Waals surface area contributed by atoms with Crippen LogP contribution in [0.25, 0.3) is 22.0 Å². The lowest BCUT2D eigenvalue weighted by Gasteiger charge is -2.18. The molecule has 1 aromatic heterocycles. The number of benzene rings is 2. The van der Waals surface area contributed by atoms with Gasteiger partial charge in [-0.05, 0) is 54.2 Å². The number of nitrogens with zero attached hydrogens (tertiary/aromatic N) is 1. The van der Waals surface area contributed by atoms with Gasteiger partial charge in [0.05, 0.1) is 5.52 Å². The van der Waals surface area contributed by atoms with E-state index in [-0.39, 0.29) is 30.6 Å². The Kier molecular flexibility index (Phi) is 7.88. The third kappa shape index (κ3) is 4.47.